The summed E-state index contributed by atoms with van der Waals surface area (Å²) in [6.07, 6.45) is 0.936. The van der Waals surface area contributed by atoms with E-state index in [9.17, 15) is 20.2 Å². The second kappa shape index (κ2) is 8.08. The highest BCUT2D eigenvalue weighted by Crippen LogP contribution is 2.42. The van der Waals surface area contributed by atoms with E-state index in [1.165, 1.54) is 30.8 Å². The second-order valence-electron chi connectivity index (χ2n) is 5.79. The van der Waals surface area contributed by atoms with Crippen LogP contribution in [0.3, 0.4) is 0 Å². The lowest BCUT2D eigenvalue weighted by atomic mass is 9.77. The summed E-state index contributed by atoms with van der Waals surface area (Å²) in [5.74, 6) is -0.514. The van der Waals surface area contributed by atoms with E-state index < -0.39 is 16.8 Å². The van der Waals surface area contributed by atoms with Gasteiger partial charge in [0.2, 0.25) is 0 Å². The largest absolute Gasteiger partial charge is 0.295 e. The number of benzene rings is 1. The van der Waals surface area contributed by atoms with Gasteiger partial charge in [0, 0.05) is 29.3 Å². The Kier molecular flexibility index (Phi) is 6.10. The number of thioether (sulfide) groups is 1. The van der Waals surface area contributed by atoms with Gasteiger partial charge in [0.25, 0.3) is 5.69 Å². The number of aliphatic imine (C=N–C) groups is 1. The molecule has 1 aliphatic rings. The summed E-state index contributed by atoms with van der Waals surface area (Å²) in [7, 11) is 0. The van der Waals surface area contributed by atoms with Gasteiger partial charge in [-0.3, -0.25) is 14.9 Å². The third-order valence-electron chi connectivity index (χ3n) is 3.99. The average Bonchev–Trinajstić information content (AvgIpc) is 2.58. The number of nitro benzene ring substituents is 1. The zero-order chi connectivity index (χ0) is 18.6. The molecule has 7 heteroatoms. The standard InChI is InChI=1S/C18H19N3O3S/c1-4-8-25-18-15(10-19)17(16(12(3)22)11(2)20-18)13-6-5-7-14(9-13)21(23)24/h5-7,9,15,17H,4,8H2,1-3H3/t15?,17-/m0/s1. The highest BCUT2D eigenvalue weighted by Gasteiger charge is 2.37. The van der Waals surface area contributed by atoms with E-state index in [4.69, 9.17) is 0 Å². The number of hydrogen-bond acceptors (Lipinski definition) is 6. The van der Waals surface area contributed by atoms with Gasteiger partial charge in [0.05, 0.1) is 16.0 Å². The van der Waals surface area contributed by atoms with Gasteiger partial charge >= 0.3 is 0 Å². The maximum Gasteiger partial charge on any atom is 0.269 e. The molecule has 1 aliphatic heterocycles. The number of rotatable bonds is 5. The number of hydrogen-bond donors (Lipinski definition) is 0. The molecule has 0 N–H and O–H groups in total. The second-order valence-corrected chi connectivity index (χ2v) is 6.91. The lowest BCUT2D eigenvalue weighted by Gasteiger charge is -2.29. The number of allylic oxidation sites excluding steroid dienone is 2. The number of nitro groups is 1. The molecule has 6 nitrogen and oxygen atoms in total. The normalized spacial score (nSPS) is 20.0. The van der Waals surface area contributed by atoms with Crippen LogP contribution in [0, 0.1) is 27.4 Å². The van der Waals surface area contributed by atoms with Gasteiger partial charge in [-0.1, -0.05) is 19.1 Å². The predicted molar refractivity (Wildman–Crippen MR) is 98.5 cm³/mol. The molecule has 0 saturated carbocycles. The first kappa shape index (κ1) is 18.9. The minimum atomic E-state index is -0.624. The van der Waals surface area contributed by atoms with Crippen molar-refractivity contribution in [1.82, 2.24) is 0 Å². The minimum Gasteiger partial charge on any atom is -0.295 e. The predicted octanol–water partition coefficient (Wildman–Crippen LogP) is 4.24. The SMILES string of the molecule is CCCSC1=NC(C)=C(C(C)=O)[C@@H](c2cccc([N+](=O)[O-])c2)C1C#N. The Labute approximate surface area is 150 Å². The van der Waals surface area contributed by atoms with Crippen LogP contribution in [-0.2, 0) is 4.79 Å². The number of Topliss-reactive ketones (excluding diaryl/α,β-unsaturated/α-hetero) is 1. The van der Waals surface area contributed by atoms with Gasteiger partial charge in [-0.2, -0.15) is 5.26 Å². The molecule has 0 aliphatic carbocycles. The molecule has 25 heavy (non-hydrogen) atoms. The monoisotopic (exact) mass is 357 g/mol. The van der Waals surface area contributed by atoms with Crippen LogP contribution in [0.1, 0.15) is 38.7 Å². The van der Waals surface area contributed by atoms with Crippen LogP contribution in [0.5, 0.6) is 0 Å². The molecule has 1 heterocycles. The number of non-ortho nitro benzene ring substituents is 1. The van der Waals surface area contributed by atoms with Crippen molar-refractivity contribution >= 4 is 28.3 Å². The van der Waals surface area contributed by atoms with E-state index in [2.05, 4.69) is 11.1 Å². The maximum atomic E-state index is 12.2. The minimum absolute atomic E-state index is 0.0555. The molecule has 0 saturated heterocycles. The summed E-state index contributed by atoms with van der Waals surface area (Å²) < 4.78 is 0. The first-order valence-corrected chi connectivity index (χ1v) is 8.96. The quantitative estimate of drug-likeness (QED) is 0.580. The van der Waals surface area contributed by atoms with Crippen LogP contribution in [0.2, 0.25) is 0 Å². The van der Waals surface area contributed by atoms with E-state index in [0.717, 1.165) is 12.2 Å². The van der Waals surface area contributed by atoms with Crippen molar-refractivity contribution in [3.05, 3.63) is 51.2 Å². The van der Waals surface area contributed by atoms with Gasteiger partial charge in [0.1, 0.15) is 5.92 Å². The zero-order valence-corrected chi connectivity index (χ0v) is 15.2. The molecule has 0 amide bonds. The molecular formula is C18H19N3O3S. The van der Waals surface area contributed by atoms with Crippen molar-refractivity contribution in [3.8, 4) is 6.07 Å². The number of carbonyl (C=O) groups excluding carboxylic acids is 1. The Hall–Kier alpha value is -2.46. The molecule has 1 aromatic carbocycles. The van der Waals surface area contributed by atoms with Crippen molar-refractivity contribution in [3.63, 3.8) is 0 Å². The highest BCUT2D eigenvalue weighted by atomic mass is 32.2. The van der Waals surface area contributed by atoms with Crippen molar-refractivity contribution in [2.24, 2.45) is 10.9 Å². The molecule has 0 bridgehead atoms. The third kappa shape index (κ3) is 3.97. The summed E-state index contributed by atoms with van der Waals surface area (Å²) in [5.41, 5.74) is 1.57. The van der Waals surface area contributed by atoms with Gasteiger partial charge in [-0.25, -0.2) is 4.99 Å². The molecular weight excluding hydrogens is 338 g/mol. The summed E-state index contributed by atoms with van der Waals surface area (Å²) in [4.78, 5) is 27.3. The Morgan fingerprint density at radius 1 is 1.48 bits per heavy atom. The Morgan fingerprint density at radius 3 is 2.76 bits per heavy atom. The summed E-state index contributed by atoms with van der Waals surface area (Å²) in [5, 5.41) is 21.5. The molecule has 0 aromatic heterocycles. The number of carbonyl (C=O) groups is 1. The maximum absolute atomic E-state index is 12.2. The topological polar surface area (TPSA) is 96.4 Å². The van der Waals surface area contributed by atoms with E-state index >= 15 is 0 Å². The highest BCUT2D eigenvalue weighted by molar-refractivity contribution is 8.14. The average molecular weight is 357 g/mol. The fourth-order valence-corrected chi connectivity index (χ4v) is 3.94. The Morgan fingerprint density at radius 2 is 2.20 bits per heavy atom. The molecule has 0 fully saturated rings. The Bertz CT molecular complexity index is 808. The van der Waals surface area contributed by atoms with E-state index in [-0.39, 0.29) is 11.5 Å². The zero-order valence-electron chi connectivity index (χ0n) is 14.4. The van der Waals surface area contributed by atoms with Gasteiger partial charge < -0.3 is 0 Å². The van der Waals surface area contributed by atoms with Crippen molar-refractivity contribution in [2.45, 2.75) is 33.1 Å². The number of nitriles is 1. The van der Waals surface area contributed by atoms with Gasteiger partial charge in [0.15, 0.2) is 5.78 Å². The van der Waals surface area contributed by atoms with E-state index in [1.807, 2.05) is 6.92 Å². The first-order chi connectivity index (χ1) is 11.9. The van der Waals surface area contributed by atoms with Gasteiger partial charge in [-0.15, -0.1) is 11.8 Å². The first-order valence-electron chi connectivity index (χ1n) is 7.97. The summed E-state index contributed by atoms with van der Waals surface area (Å²) in [6, 6.07) is 8.41. The van der Waals surface area contributed by atoms with Crippen LogP contribution in [-0.4, -0.2) is 21.5 Å². The summed E-state index contributed by atoms with van der Waals surface area (Å²) >= 11 is 1.50. The molecule has 1 aromatic rings. The van der Waals surface area contributed by atoms with Crippen molar-refractivity contribution < 1.29 is 9.72 Å². The molecule has 1 unspecified atom stereocenters. The van der Waals surface area contributed by atoms with Gasteiger partial charge in [-0.05, 0) is 31.6 Å². The third-order valence-corrected chi connectivity index (χ3v) is 5.24. The lowest BCUT2D eigenvalue weighted by molar-refractivity contribution is -0.384. The van der Waals surface area contributed by atoms with Crippen LogP contribution < -0.4 is 0 Å². The van der Waals surface area contributed by atoms with Crippen LogP contribution in [0.4, 0.5) is 5.69 Å². The van der Waals surface area contributed by atoms with Crippen LogP contribution in [0.15, 0.2) is 40.5 Å². The van der Waals surface area contributed by atoms with Crippen molar-refractivity contribution in [1.29, 1.82) is 5.26 Å². The molecule has 2 atom stereocenters. The summed E-state index contributed by atoms with van der Waals surface area (Å²) in [6.45, 7) is 5.23. The molecule has 0 radical (unpaired) electrons. The molecule has 0 spiro atoms. The van der Waals surface area contributed by atoms with Crippen LogP contribution in [0.25, 0.3) is 0 Å². The fraction of sp³-hybridized carbons (Fsp3) is 0.389. The van der Waals surface area contributed by atoms with E-state index in [0.29, 0.717) is 21.9 Å². The molecule has 2 rings (SSSR count). The number of nitrogens with zero attached hydrogens (tertiary/aromatic N) is 3. The molecule has 130 valence electrons. The smallest absolute Gasteiger partial charge is 0.269 e. The lowest BCUT2D eigenvalue weighted by Crippen LogP contribution is -2.28. The van der Waals surface area contributed by atoms with E-state index in [1.54, 1.807) is 19.1 Å². The Balaban J connectivity index is 2.61. The van der Waals surface area contributed by atoms with Crippen LogP contribution >= 0.6 is 11.8 Å². The number of ketones is 1. The van der Waals surface area contributed by atoms with Crippen molar-refractivity contribution in [2.75, 3.05) is 5.75 Å². The fourth-order valence-electron chi connectivity index (χ4n) is 2.95.